The van der Waals surface area contributed by atoms with Gasteiger partial charge in [0.05, 0.1) is 27.2 Å². The number of hydrogen-bond donors (Lipinski definition) is 0. The molecule has 0 bridgehead atoms. The van der Waals surface area contributed by atoms with Crippen molar-refractivity contribution in [3.8, 4) is 11.5 Å². The second kappa shape index (κ2) is 8.82. The molecule has 0 unspecified atom stereocenters. The maximum atomic E-state index is 12.5. The van der Waals surface area contributed by atoms with Crippen LogP contribution >= 0.6 is 11.8 Å². The lowest BCUT2D eigenvalue weighted by Gasteiger charge is -2.25. The molecule has 0 N–H and O–H groups in total. The molecule has 0 aromatic heterocycles. The maximum Gasteiger partial charge on any atom is 0.306 e. The highest BCUT2D eigenvalue weighted by atomic mass is 32.2. The van der Waals surface area contributed by atoms with Gasteiger partial charge in [0, 0.05) is 30.3 Å². The van der Waals surface area contributed by atoms with Gasteiger partial charge in [-0.3, -0.25) is 9.59 Å². The first-order valence-corrected chi connectivity index (χ1v) is 8.94. The molecular formula is C17H23NO5S. The van der Waals surface area contributed by atoms with Crippen LogP contribution in [0.15, 0.2) is 18.2 Å². The summed E-state index contributed by atoms with van der Waals surface area (Å²) in [5.74, 6) is 1.87. The van der Waals surface area contributed by atoms with Crippen molar-refractivity contribution in [3.63, 3.8) is 0 Å². The van der Waals surface area contributed by atoms with E-state index in [1.54, 1.807) is 37.8 Å². The summed E-state index contributed by atoms with van der Waals surface area (Å²) in [5, 5.41) is -0.111. The topological polar surface area (TPSA) is 65.1 Å². The summed E-state index contributed by atoms with van der Waals surface area (Å²) >= 11 is 1.69. The van der Waals surface area contributed by atoms with Gasteiger partial charge in [-0.15, -0.1) is 11.8 Å². The number of benzene rings is 1. The zero-order valence-electron chi connectivity index (χ0n) is 14.2. The second-order valence-corrected chi connectivity index (χ2v) is 6.41. The average Bonchev–Trinajstić information content (AvgIpc) is 3.08. The Hall–Kier alpha value is -1.89. The third-order valence-electron chi connectivity index (χ3n) is 3.77. The molecule has 1 heterocycles. The van der Waals surface area contributed by atoms with E-state index in [9.17, 15) is 9.59 Å². The lowest BCUT2D eigenvalue weighted by Crippen LogP contribution is -2.31. The van der Waals surface area contributed by atoms with Gasteiger partial charge in [-0.25, -0.2) is 0 Å². The van der Waals surface area contributed by atoms with Crippen LogP contribution in [0, 0.1) is 0 Å². The number of carbonyl (C=O) groups excluding carboxylic acids is 2. The standard InChI is InChI=1S/C17H23NO5S/c1-4-23-16(20)8-7-15(19)18-9-10-24-17(18)13-6-5-12(21-2)11-14(13)22-3/h5-6,11,17H,4,7-10H2,1-3H3/t17-/m1/s1. The van der Waals surface area contributed by atoms with E-state index < -0.39 is 0 Å². The summed E-state index contributed by atoms with van der Waals surface area (Å²) in [6, 6.07) is 5.60. The first-order chi connectivity index (χ1) is 11.6. The fourth-order valence-electron chi connectivity index (χ4n) is 2.59. The van der Waals surface area contributed by atoms with E-state index in [1.165, 1.54) is 0 Å². The van der Waals surface area contributed by atoms with Crippen molar-refractivity contribution < 1.29 is 23.8 Å². The Bertz CT molecular complexity index is 592. The molecule has 1 aromatic rings. The molecule has 6 nitrogen and oxygen atoms in total. The molecule has 1 atom stereocenters. The monoisotopic (exact) mass is 353 g/mol. The van der Waals surface area contributed by atoms with Crippen LogP contribution in [-0.2, 0) is 14.3 Å². The zero-order valence-corrected chi connectivity index (χ0v) is 15.1. The first-order valence-electron chi connectivity index (χ1n) is 7.89. The molecule has 24 heavy (non-hydrogen) atoms. The molecule has 1 amide bonds. The van der Waals surface area contributed by atoms with Crippen molar-refractivity contribution in [1.82, 2.24) is 4.90 Å². The Kier molecular flexibility index (Phi) is 6.78. The molecule has 0 saturated carbocycles. The van der Waals surface area contributed by atoms with E-state index in [0.29, 0.717) is 24.7 Å². The first kappa shape index (κ1) is 18.4. The molecule has 1 aromatic carbocycles. The summed E-state index contributed by atoms with van der Waals surface area (Å²) in [4.78, 5) is 25.8. The molecule has 1 saturated heterocycles. The molecule has 1 aliphatic rings. The summed E-state index contributed by atoms with van der Waals surface area (Å²) in [6.07, 6.45) is 0.272. The molecule has 7 heteroatoms. The molecule has 132 valence electrons. The number of hydrogen-bond acceptors (Lipinski definition) is 6. The van der Waals surface area contributed by atoms with Crippen molar-refractivity contribution in [2.75, 3.05) is 33.1 Å². The third-order valence-corrected chi connectivity index (χ3v) is 5.01. The van der Waals surface area contributed by atoms with Crippen LogP contribution in [0.3, 0.4) is 0 Å². The predicted molar refractivity (Wildman–Crippen MR) is 92.3 cm³/mol. The van der Waals surface area contributed by atoms with E-state index in [4.69, 9.17) is 14.2 Å². The summed E-state index contributed by atoms with van der Waals surface area (Å²) in [6.45, 7) is 2.74. The fourth-order valence-corrected chi connectivity index (χ4v) is 3.89. The van der Waals surface area contributed by atoms with Gasteiger partial charge in [0.15, 0.2) is 0 Å². The summed E-state index contributed by atoms with van der Waals surface area (Å²) < 4.78 is 15.6. The Morgan fingerprint density at radius 2 is 2.04 bits per heavy atom. The number of carbonyl (C=O) groups is 2. The van der Waals surface area contributed by atoms with Crippen LogP contribution in [-0.4, -0.2) is 49.9 Å². The number of ether oxygens (including phenoxy) is 3. The van der Waals surface area contributed by atoms with Gasteiger partial charge < -0.3 is 19.1 Å². The molecule has 2 rings (SSSR count). The summed E-state index contributed by atoms with van der Waals surface area (Å²) in [5.41, 5.74) is 0.935. The minimum absolute atomic E-state index is 0.0454. The number of methoxy groups -OCH3 is 2. The van der Waals surface area contributed by atoms with Crippen LogP contribution in [0.1, 0.15) is 30.7 Å². The second-order valence-electron chi connectivity index (χ2n) is 5.22. The Labute approximate surface area is 146 Å². The highest BCUT2D eigenvalue weighted by molar-refractivity contribution is 7.99. The highest BCUT2D eigenvalue weighted by Crippen LogP contribution is 2.43. The van der Waals surface area contributed by atoms with Crippen molar-refractivity contribution in [1.29, 1.82) is 0 Å². The molecule has 0 radical (unpaired) electrons. The van der Waals surface area contributed by atoms with Crippen molar-refractivity contribution >= 4 is 23.6 Å². The van der Waals surface area contributed by atoms with E-state index in [2.05, 4.69) is 0 Å². The van der Waals surface area contributed by atoms with Gasteiger partial charge in [-0.05, 0) is 19.1 Å². The highest BCUT2D eigenvalue weighted by Gasteiger charge is 2.32. The van der Waals surface area contributed by atoms with Crippen LogP contribution in [0.5, 0.6) is 11.5 Å². The number of nitrogens with zero attached hydrogens (tertiary/aromatic N) is 1. The predicted octanol–water partition coefficient (Wildman–Crippen LogP) is 2.62. The lowest BCUT2D eigenvalue weighted by atomic mass is 10.1. The fraction of sp³-hybridized carbons (Fsp3) is 0.529. The minimum Gasteiger partial charge on any atom is -0.497 e. The van der Waals surface area contributed by atoms with E-state index in [1.807, 2.05) is 18.2 Å². The van der Waals surface area contributed by atoms with Crippen molar-refractivity contribution in [3.05, 3.63) is 23.8 Å². The smallest absolute Gasteiger partial charge is 0.306 e. The molecule has 0 spiro atoms. The average molecular weight is 353 g/mol. The molecule has 1 fully saturated rings. The SMILES string of the molecule is CCOC(=O)CCC(=O)N1CCS[C@@H]1c1ccc(OC)cc1OC. The van der Waals surface area contributed by atoms with Gasteiger partial charge in [0.25, 0.3) is 0 Å². The van der Waals surface area contributed by atoms with Crippen LogP contribution in [0.4, 0.5) is 0 Å². The van der Waals surface area contributed by atoms with Gasteiger partial charge >= 0.3 is 5.97 Å². The van der Waals surface area contributed by atoms with Crippen LogP contribution in [0.2, 0.25) is 0 Å². The molecular weight excluding hydrogens is 330 g/mol. The molecule has 1 aliphatic heterocycles. The van der Waals surface area contributed by atoms with Crippen molar-refractivity contribution in [2.24, 2.45) is 0 Å². The number of amides is 1. The number of rotatable bonds is 7. The zero-order chi connectivity index (χ0) is 17.5. The van der Waals surface area contributed by atoms with Crippen LogP contribution < -0.4 is 9.47 Å². The van der Waals surface area contributed by atoms with E-state index in [0.717, 1.165) is 11.3 Å². The minimum atomic E-state index is -0.337. The Morgan fingerprint density at radius 3 is 2.71 bits per heavy atom. The van der Waals surface area contributed by atoms with Gasteiger partial charge in [-0.2, -0.15) is 0 Å². The van der Waals surface area contributed by atoms with Gasteiger partial charge in [0.2, 0.25) is 5.91 Å². The normalized spacial score (nSPS) is 16.8. The third kappa shape index (κ3) is 4.35. The summed E-state index contributed by atoms with van der Waals surface area (Å²) in [7, 11) is 3.20. The number of esters is 1. The van der Waals surface area contributed by atoms with Gasteiger partial charge in [-0.1, -0.05) is 0 Å². The van der Waals surface area contributed by atoms with E-state index >= 15 is 0 Å². The van der Waals surface area contributed by atoms with Gasteiger partial charge in [0.1, 0.15) is 16.9 Å². The van der Waals surface area contributed by atoms with E-state index in [-0.39, 0.29) is 30.1 Å². The quantitative estimate of drug-likeness (QED) is 0.702. The van der Waals surface area contributed by atoms with Crippen LogP contribution in [0.25, 0.3) is 0 Å². The Morgan fingerprint density at radius 1 is 1.25 bits per heavy atom. The molecule has 0 aliphatic carbocycles. The lowest BCUT2D eigenvalue weighted by molar-refractivity contribution is -0.145. The van der Waals surface area contributed by atoms with Crippen molar-refractivity contribution in [2.45, 2.75) is 25.1 Å². The largest absolute Gasteiger partial charge is 0.497 e. The maximum absolute atomic E-state index is 12.5. The Balaban J connectivity index is 2.10. The number of thioether (sulfide) groups is 1.